The van der Waals surface area contributed by atoms with E-state index in [1.165, 1.54) is 4.90 Å². The largest absolute Gasteiger partial charge is 0.457 e. The number of amides is 2. The van der Waals surface area contributed by atoms with Gasteiger partial charge in [0.2, 0.25) is 5.91 Å². The fourth-order valence-electron chi connectivity index (χ4n) is 3.81. The molecule has 186 valence electrons. The zero-order valence-corrected chi connectivity index (χ0v) is 19.7. The maximum absolute atomic E-state index is 13.9. The fraction of sp³-hybridized carbons (Fsp3) is 0.385. The molecule has 0 radical (unpaired) electrons. The average Bonchev–Trinajstić information content (AvgIpc) is 2.82. The Kier molecular flexibility index (Phi) is 8.68. The van der Waals surface area contributed by atoms with Crippen molar-refractivity contribution in [2.75, 3.05) is 25.0 Å². The lowest BCUT2D eigenvalue weighted by Gasteiger charge is -2.31. The van der Waals surface area contributed by atoms with Crippen molar-refractivity contribution >= 4 is 29.3 Å². The molecule has 1 saturated heterocycles. The summed E-state index contributed by atoms with van der Waals surface area (Å²) in [7, 11) is 0. The van der Waals surface area contributed by atoms with E-state index in [1.807, 2.05) is 13.8 Å². The van der Waals surface area contributed by atoms with E-state index in [0.29, 0.717) is 36.6 Å². The predicted molar refractivity (Wildman–Crippen MR) is 125 cm³/mol. The quantitative estimate of drug-likeness (QED) is 0.445. The number of likely N-dealkylation sites (tertiary alicyclic amines) is 1. The molecule has 7 nitrogen and oxygen atoms in total. The number of rotatable bonds is 8. The number of piperidine rings is 1. The fourth-order valence-corrected chi connectivity index (χ4v) is 3.81. The van der Waals surface area contributed by atoms with Gasteiger partial charge in [-0.05, 0) is 55.2 Å². The summed E-state index contributed by atoms with van der Waals surface area (Å²) in [5, 5.41) is 2.76. The first-order chi connectivity index (χ1) is 16.6. The third-order valence-electron chi connectivity index (χ3n) is 5.71. The molecule has 0 saturated carbocycles. The highest BCUT2D eigenvalue weighted by atomic mass is 19.1. The Bertz CT molecular complexity index is 1090. The minimum atomic E-state index is -0.930. The molecule has 1 N–H and O–H groups in total. The van der Waals surface area contributed by atoms with Gasteiger partial charge in [-0.1, -0.05) is 13.8 Å². The van der Waals surface area contributed by atoms with Crippen molar-refractivity contribution in [2.24, 2.45) is 11.8 Å². The van der Waals surface area contributed by atoms with Crippen LogP contribution in [0.25, 0.3) is 0 Å². The summed E-state index contributed by atoms with van der Waals surface area (Å²) in [5.74, 6) is -3.52. The summed E-state index contributed by atoms with van der Waals surface area (Å²) in [6.07, 6.45) is 1.02. The van der Waals surface area contributed by atoms with Crippen LogP contribution in [0.2, 0.25) is 0 Å². The monoisotopic (exact) mass is 486 g/mol. The number of Topliss-reactive ketones (excluding diaryl/α,β-unsaturated/α-hetero) is 1. The van der Waals surface area contributed by atoms with E-state index in [4.69, 9.17) is 4.74 Å². The van der Waals surface area contributed by atoms with Gasteiger partial charge >= 0.3 is 5.97 Å². The van der Waals surface area contributed by atoms with Crippen LogP contribution in [0.3, 0.4) is 0 Å². The van der Waals surface area contributed by atoms with Gasteiger partial charge in [0.05, 0.1) is 11.5 Å². The van der Waals surface area contributed by atoms with E-state index >= 15 is 0 Å². The molecule has 1 aliphatic rings. The SMILES string of the molecule is CC(C)CC(=O)Nc1ccc(C(=O)COC(=O)C2CCN(C(=O)c3ccc(F)cc3F)CC2)cc1. The molecule has 1 aliphatic heterocycles. The van der Waals surface area contributed by atoms with Gasteiger partial charge in [-0.15, -0.1) is 0 Å². The van der Waals surface area contributed by atoms with Crippen molar-refractivity contribution in [2.45, 2.75) is 33.1 Å². The van der Waals surface area contributed by atoms with Gasteiger partial charge in [0.1, 0.15) is 11.6 Å². The normalized spacial score (nSPS) is 14.0. The predicted octanol–water partition coefficient (Wildman–Crippen LogP) is 4.23. The molecule has 3 rings (SSSR count). The van der Waals surface area contributed by atoms with E-state index in [1.54, 1.807) is 24.3 Å². The molecule has 2 aromatic carbocycles. The second-order valence-corrected chi connectivity index (χ2v) is 8.95. The number of halogens is 2. The number of hydrogen-bond donors (Lipinski definition) is 1. The van der Waals surface area contributed by atoms with Gasteiger partial charge in [0.25, 0.3) is 5.91 Å². The van der Waals surface area contributed by atoms with Crippen LogP contribution in [0.4, 0.5) is 14.5 Å². The van der Waals surface area contributed by atoms with Crippen LogP contribution < -0.4 is 5.32 Å². The number of nitrogens with one attached hydrogen (secondary N) is 1. The Labute approximate surface area is 202 Å². The Morgan fingerprint density at radius 2 is 1.69 bits per heavy atom. The van der Waals surface area contributed by atoms with Gasteiger partial charge < -0.3 is 15.0 Å². The van der Waals surface area contributed by atoms with Crippen LogP contribution in [-0.2, 0) is 14.3 Å². The summed E-state index contributed by atoms with van der Waals surface area (Å²) >= 11 is 0. The van der Waals surface area contributed by atoms with Crippen LogP contribution in [0.15, 0.2) is 42.5 Å². The second-order valence-electron chi connectivity index (χ2n) is 8.95. The van der Waals surface area contributed by atoms with Crippen LogP contribution in [0, 0.1) is 23.5 Å². The summed E-state index contributed by atoms with van der Waals surface area (Å²) in [6.45, 7) is 3.90. The lowest BCUT2D eigenvalue weighted by atomic mass is 9.96. The number of carbonyl (C=O) groups is 4. The number of hydrogen-bond acceptors (Lipinski definition) is 5. The number of ether oxygens (including phenoxy) is 1. The van der Waals surface area contributed by atoms with Gasteiger partial charge in [-0.25, -0.2) is 8.78 Å². The Hall–Kier alpha value is -3.62. The van der Waals surface area contributed by atoms with Crippen LogP contribution in [-0.4, -0.2) is 48.2 Å². The van der Waals surface area contributed by atoms with E-state index < -0.39 is 36.0 Å². The summed E-state index contributed by atoms with van der Waals surface area (Å²) in [5.41, 5.74) is 0.705. The number of nitrogens with zero attached hydrogens (tertiary/aromatic N) is 1. The van der Waals surface area contributed by atoms with Gasteiger partial charge in [0.15, 0.2) is 12.4 Å². The number of esters is 1. The Balaban J connectivity index is 1.45. The zero-order valence-electron chi connectivity index (χ0n) is 19.7. The van der Waals surface area contributed by atoms with Crippen molar-refractivity contribution in [3.63, 3.8) is 0 Å². The first kappa shape index (κ1) is 26.0. The van der Waals surface area contributed by atoms with Crippen molar-refractivity contribution in [3.05, 3.63) is 65.2 Å². The first-order valence-corrected chi connectivity index (χ1v) is 11.5. The highest BCUT2D eigenvalue weighted by Gasteiger charge is 2.30. The van der Waals surface area contributed by atoms with Crippen molar-refractivity contribution in [3.8, 4) is 0 Å². The number of anilines is 1. The minimum Gasteiger partial charge on any atom is -0.457 e. The van der Waals surface area contributed by atoms with E-state index in [0.717, 1.165) is 12.1 Å². The molecular weight excluding hydrogens is 458 g/mol. The topological polar surface area (TPSA) is 92.8 Å². The lowest BCUT2D eigenvalue weighted by molar-refractivity contribution is -0.148. The van der Waals surface area contributed by atoms with Crippen LogP contribution in [0.1, 0.15) is 53.8 Å². The summed E-state index contributed by atoms with van der Waals surface area (Å²) in [4.78, 5) is 50.5. The van der Waals surface area contributed by atoms with Crippen molar-refractivity contribution in [1.82, 2.24) is 4.90 Å². The minimum absolute atomic E-state index is 0.108. The Morgan fingerprint density at radius 3 is 2.29 bits per heavy atom. The van der Waals surface area contributed by atoms with E-state index in [-0.39, 0.29) is 36.3 Å². The maximum atomic E-state index is 13.9. The molecule has 35 heavy (non-hydrogen) atoms. The summed E-state index contributed by atoms with van der Waals surface area (Å²) < 4.78 is 32.1. The molecular formula is C26H28F2N2O5. The molecule has 0 spiro atoms. The third kappa shape index (κ3) is 7.18. The van der Waals surface area contributed by atoms with Crippen LogP contribution >= 0.6 is 0 Å². The highest BCUT2D eigenvalue weighted by Crippen LogP contribution is 2.22. The molecule has 1 fully saturated rings. The van der Waals surface area contributed by atoms with E-state index in [2.05, 4.69) is 5.32 Å². The van der Waals surface area contributed by atoms with Gasteiger partial charge in [-0.3, -0.25) is 19.2 Å². The molecule has 2 aromatic rings. The van der Waals surface area contributed by atoms with Crippen LogP contribution in [0.5, 0.6) is 0 Å². The highest BCUT2D eigenvalue weighted by molar-refractivity contribution is 5.99. The van der Waals surface area contributed by atoms with Gasteiger partial charge in [-0.2, -0.15) is 0 Å². The smallest absolute Gasteiger partial charge is 0.309 e. The van der Waals surface area contributed by atoms with Crippen molar-refractivity contribution in [1.29, 1.82) is 0 Å². The molecule has 0 aliphatic carbocycles. The standard InChI is InChI=1S/C26H28F2N2O5/c1-16(2)13-24(32)29-20-6-3-17(4-7-20)23(31)15-35-26(34)18-9-11-30(12-10-18)25(33)21-8-5-19(27)14-22(21)28/h3-8,14,16,18H,9-13,15H2,1-2H3,(H,29,32). The third-order valence-corrected chi connectivity index (χ3v) is 5.71. The number of ketones is 1. The zero-order chi connectivity index (χ0) is 25.5. The molecule has 0 atom stereocenters. The molecule has 9 heteroatoms. The number of benzene rings is 2. The molecule has 1 heterocycles. The summed E-state index contributed by atoms with van der Waals surface area (Å²) in [6, 6.07) is 9.12. The van der Waals surface area contributed by atoms with Crippen molar-refractivity contribution < 1.29 is 32.7 Å². The second kappa shape index (κ2) is 11.7. The first-order valence-electron chi connectivity index (χ1n) is 11.5. The molecule has 2 amide bonds. The maximum Gasteiger partial charge on any atom is 0.309 e. The molecule has 0 unspecified atom stereocenters. The molecule has 0 aromatic heterocycles. The molecule has 0 bridgehead atoms. The Morgan fingerprint density at radius 1 is 1.03 bits per heavy atom. The van der Waals surface area contributed by atoms with Gasteiger partial charge in [0, 0.05) is 36.8 Å². The average molecular weight is 487 g/mol. The van der Waals surface area contributed by atoms with E-state index in [9.17, 15) is 28.0 Å². The number of carbonyl (C=O) groups excluding carboxylic acids is 4. The lowest BCUT2D eigenvalue weighted by Crippen LogP contribution is -2.41.